The van der Waals surface area contributed by atoms with Gasteiger partial charge in [0.2, 0.25) is 11.8 Å². The Hall–Kier alpha value is -1.56. The molecule has 0 aromatic carbocycles. The Labute approximate surface area is 147 Å². The van der Waals surface area contributed by atoms with Gasteiger partial charge in [-0.1, -0.05) is 6.07 Å². The molecule has 3 rings (SSSR count). The van der Waals surface area contributed by atoms with Crippen LogP contribution in [0.4, 0.5) is 0 Å². The van der Waals surface area contributed by atoms with Gasteiger partial charge >= 0.3 is 0 Å². The topological polar surface area (TPSA) is 62.3 Å². The number of likely N-dealkylation sites (tertiary alicyclic amines) is 1. The zero-order valence-electron chi connectivity index (χ0n) is 13.9. The van der Waals surface area contributed by atoms with Crippen molar-refractivity contribution < 1.29 is 9.59 Å². The van der Waals surface area contributed by atoms with E-state index in [1.807, 2.05) is 23.1 Å². The predicted octanol–water partition coefficient (Wildman–Crippen LogP) is 2.22. The summed E-state index contributed by atoms with van der Waals surface area (Å²) in [4.78, 5) is 30.3. The Balaban J connectivity index is 1.28. The van der Waals surface area contributed by atoms with Gasteiger partial charge in [-0.3, -0.25) is 14.6 Å². The normalized spacial score (nSPS) is 18.4. The highest BCUT2D eigenvalue weighted by Gasteiger charge is 2.34. The van der Waals surface area contributed by atoms with E-state index in [0.29, 0.717) is 18.2 Å². The second-order valence-corrected chi connectivity index (χ2v) is 7.67. The monoisotopic (exact) mass is 347 g/mol. The van der Waals surface area contributed by atoms with E-state index in [2.05, 4.69) is 10.3 Å². The van der Waals surface area contributed by atoms with Gasteiger partial charge in [-0.15, -0.1) is 0 Å². The lowest BCUT2D eigenvalue weighted by atomic mass is 10.0. The number of pyridine rings is 1. The number of nitrogens with one attached hydrogen (secondary N) is 1. The summed E-state index contributed by atoms with van der Waals surface area (Å²) in [5.74, 6) is 2.39. The number of hydrogen-bond acceptors (Lipinski definition) is 4. The van der Waals surface area contributed by atoms with Crippen LogP contribution in [0, 0.1) is 5.92 Å². The first-order chi connectivity index (χ1) is 11.7. The first-order valence-corrected chi connectivity index (χ1v) is 9.93. The van der Waals surface area contributed by atoms with Crippen molar-refractivity contribution in [1.82, 2.24) is 15.2 Å². The van der Waals surface area contributed by atoms with E-state index < -0.39 is 0 Å². The van der Waals surface area contributed by atoms with E-state index in [1.165, 1.54) is 0 Å². The molecule has 1 aromatic rings. The van der Waals surface area contributed by atoms with Crippen molar-refractivity contribution in [1.29, 1.82) is 0 Å². The summed E-state index contributed by atoms with van der Waals surface area (Å²) < 4.78 is 0. The van der Waals surface area contributed by atoms with E-state index >= 15 is 0 Å². The van der Waals surface area contributed by atoms with Gasteiger partial charge in [0.1, 0.15) is 0 Å². The fraction of sp³-hybridized carbons (Fsp3) is 0.611. The molecule has 1 saturated carbocycles. The number of rotatable bonds is 7. The fourth-order valence-electron chi connectivity index (χ4n) is 2.96. The Bertz CT molecular complexity index is 555. The van der Waals surface area contributed by atoms with Crippen molar-refractivity contribution in [3.63, 3.8) is 0 Å². The van der Waals surface area contributed by atoms with Crippen molar-refractivity contribution in [3.8, 4) is 0 Å². The molecule has 1 saturated heterocycles. The van der Waals surface area contributed by atoms with Crippen molar-refractivity contribution in [3.05, 3.63) is 30.1 Å². The van der Waals surface area contributed by atoms with E-state index in [4.69, 9.17) is 0 Å². The van der Waals surface area contributed by atoms with Gasteiger partial charge in [0.05, 0.1) is 5.69 Å². The highest BCUT2D eigenvalue weighted by atomic mass is 32.2. The average molecular weight is 347 g/mol. The molecule has 0 radical (unpaired) electrons. The maximum atomic E-state index is 12.0. The minimum absolute atomic E-state index is 0.121. The second kappa shape index (κ2) is 8.51. The van der Waals surface area contributed by atoms with Gasteiger partial charge in [0.25, 0.3) is 0 Å². The van der Waals surface area contributed by atoms with Crippen molar-refractivity contribution in [2.75, 3.05) is 18.8 Å². The van der Waals surface area contributed by atoms with E-state index in [1.54, 1.807) is 18.0 Å². The van der Waals surface area contributed by atoms with E-state index in [0.717, 1.165) is 56.0 Å². The van der Waals surface area contributed by atoms with Crippen LogP contribution in [-0.2, 0) is 15.3 Å². The van der Waals surface area contributed by atoms with E-state index in [-0.39, 0.29) is 11.9 Å². The highest BCUT2D eigenvalue weighted by molar-refractivity contribution is 7.98. The summed E-state index contributed by atoms with van der Waals surface area (Å²) in [5.41, 5.74) is 1.05. The van der Waals surface area contributed by atoms with Crippen LogP contribution < -0.4 is 5.32 Å². The molecule has 0 atom stereocenters. The van der Waals surface area contributed by atoms with E-state index in [9.17, 15) is 9.59 Å². The van der Waals surface area contributed by atoms with Crippen LogP contribution >= 0.6 is 11.8 Å². The minimum atomic E-state index is 0.121. The van der Waals surface area contributed by atoms with Crippen LogP contribution in [-0.4, -0.2) is 46.6 Å². The van der Waals surface area contributed by atoms with Crippen molar-refractivity contribution >= 4 is 23.6 Å². The number of nitrogens with zero attached hydrogens (tertiary/aromatic N) is 2. The molecule has 1 N–H and O–H groups in total. The maximum absolute atomic E-state index is 12.0. The van der Waals surface area contributed by atoms with Gasteiger partial charge in [-0.2, -0.15) is 11.8 Å². The summed E-state index contributed by atoms with van der Waals surface area (Å²) in [5, 5.41) is 3.12. The second-order valence-electron chi connectivity index (χ2n) is 6.57. The number of thioether (sulfide) groups is 1. The third-order valence-electron chi connectivity index (χ3n) is 4.55. The molecule has 2 fully saturated rings. The van der Waals surface area contributed by atoms with Crippen LogP contribution in [0.15, 0.2) is 24.4 Å². The molecule has 1 aliphatic carbocycles. The number of piperidine rings is 1. The van der Waals surface area contributed by atoms with Crippen LogP contribution in [0.25, 0.3) is 0 Å². The lowest BCUT2D eigenvalue weighted by Gasteiger charge is -2.32. The molecule has 2 heterocycles. The predicted molar refractivity (Wildman–Crippen MR) is 95.5 cm³/mol. The third kappa shape index (κ3) is 5.23. The molecule has 24 heavy (non-hydrogen) atoms. The Morgan fingerprint density at radius 1 is 1.21 bits per heavy atom. The number of aromatic nitrogens is 1. The largest absolute Gasteiger partial charge is 0.353 e. The third-order valence-corrected chi connectivity index (χ3v) is 5.54. The molecule has 1 aliphatic heterocycles. The summed E-state index contributed by atoms with van der Waals surface area (Å²) >= 11 is 1.73. The lowest BCUT2D eigenvalue weighted by Crippen LogP contribution is -2.47. The van der Waals surface area contributed by atoms with Gasteiger partial charge in [-0.05, 0) is 37.8 Å². The first-order valence-electron chi connectivity index (χ1n) is 8.78. The molecular formula is C18H25N3O2S. The zero-order valence-corrected chi connectivity index (χ0v) is 14.8. The number of carbonyl (C=O) groups excluding carboxylic acids is 2. The number of carbonyl (C=O) groups is 2. The summed E-state index contributed by atoms with van der Waals surface area (Å²) in [7, 11) is 0. The Morgan fingerprint density at radius 3 is 2.67 bits per heavy atom. The molecule has 2 aliphatic rings. The molecular weight excluding hydrogens is 322 g/mol. The Morgan fingerprint density at radius 2 is 2.00 bits per heavy atom. The van der Waals surface area contributed by atoms with Crippen LogP contribution in [0.1, 0.15) is 37.8 Å². The van der Waals surface area contributed by atoms with Gasteiger partial charge in [0.15, 0.2) is 0 Å². The summed E-state index contributed by atoms with van der Waals surface area (Å²) in [6.07, 6.45) is 6.22. The number of hydrogen-bond donors (Lipinski definition) is 1. The SMILES string of the molecule is O=C(CCSCc1ccccn1)NC1CCN(C(=O)C2CC2)CC1. The summed E-state index contributed by atoms with van der Waals surface area (Å²) in [6, 6.07) is 6.12. The van der Waals surface area contributed by atoms with Crippen molar-refractivity contribution in [2.24, 2.45) is 5.92 Å². The van der Waals surface area contributed by atoms with Crippen LogP contribution in [0.3, 0.4) is 0 Å². The summed E-state index contributed by atoms with van der Waals surface area (Å²) in [6.45, 7) is 1.57. The first kappa shape index (κ1) is 17.3. The van der Waals surface area contributed by atoms with Crippen LogP contribution in [0.5, 0.6) is 0 Å². The minimum Gasteiger partial charge on any atom is -0.353 e. The molecule has 0 spiro atoms. The van der Waals surface area contributed by atoms with Crippen molar-refractivity contribution in [2.45, 2.75) is 43.9 Å². The molecule has 130 valence electrons. The molecule has 0 bridgehead atoms. The fourth-order valence-corrected chi connectivity index (χ4v) is 3.81. The molecule has 0 unspecified atom stereocenters. The smallest absolute Gasteiger partial charge is 0.225 e. The lowest BCUT2D eigenvalue weighted by molar-refractivity contribution is -0.133. The molecule has 6 heteroatoms. The standard InChI is InChI=1S/C18H25N3O2S/c22-17(8-12-24-13-16-3-1-2-9-19-16)20-15-6-10-21(11-7-15)18(23)14-4-5-14/h1-3,9,14-15H,4-8,10-13H2,(H,20,22). The molecule has 2 amide bonds. The zero-order chi connectivity index (χ0) is 16.8. The average Bonchev–Trinajstić information content (AvgIpc) is 3.45. The van der Waals surface area contributed by atoms with Gasteiger partial charge < -0.3 is 10.2 Å². The Kier molecular flexibility index (Phi) is 6.12. The molecule has 5 nitrogen and oxygen atoms in total. The number of amides is 2. The van der Waals surface area contributed by atoms with Gasteiger partial charge in [0, 0.05) is 49.2 Å². The van der Waals surface area contributed by atoms with Crippen LogP contribution in [0.2, 0.25) is 0 Å². The molecule has 1 aromatic heterocycles. The maximum Gasteiger partial charge on any atom is 0.225 e. The van der Waals surface area contributed by atoms with Gasteiger partial charge in [-0.25, -0.2) is 0 Å². The highest BCUT2D eigenvalue weighted by Crippen LogP contribution is 2.31. The quantitative estimate of drug-likeness (QED) is 0.768.